The van der Waals surface area contributed by atoms with Gasteiger partial charge in [0, 0.05) is 17.7 Å². The summed E-state index contributed by atoms with van der Waals surface area (Å²) in [6, 6.07) is 9.62. The molecule has 2 aromatic rings. The summed E-state index contributed by atoms with van der Waals surface area (Å²) in [6.07, 6.45) is 0. The molecule has 1 aliphatic heterocycles. The van der Waals surface area contributed by atoms with E-state index in [0.29, 0.717) is 23.4 Å². The molecule has 9 nitrogen and oxygen atoms in total. The monoisotopic (exact) mass is 467 g/mol. The molecule has 1 N–H and O–H groups in total. The largest absolute Gasteiger partial charge is 0.872 e. The summed E-state index contributed by atoms with van der Waals surface area (Å²) in [6.45, 7) is 8.29. The van der Waals surface area contributed by atoms with Crippen molar-refractivity contribution < 1.29 is 29.3 Å². The van der Waals surface area contributed by atoms with E-state index in [-0.39, 0.29) is 23.4 Å². The number of non-ortho nitro benzene ring substituents is 1. The van der Waals surface area contributed by atoms with Crippen molar-refractivity contribution >= 4 is 23.1 Å². The maximum Gasteiger partial charge on any atom is 0.295 e. The van der Waals surface area contributed by atoms with Gasteiger partial charge in [0.05, 0.1) is 44.3 Å². The molecule has 1 heterocycles. The molecule has 1 aliphatic rings. The molecule has 0 aliphatic carbocycles. The summed E-state index contributed by atoms with van der Waals surface area (Å²) in [4.78, 5) is 39.6. The number of benzene rings is 2. The third kappa shape index (κ3) is 4.79. The van der Waals surface area contributed by atoms with Crippen molar-refractivity contribution in [2.75, 3.05) is 33.3 Å². The zero-order valence-corrected chi connectivity index (χ0v) is 19.8. The standard InChI is InChI=1S/C25H29N3O6/c1-5-26(6-2)12-13-27-22(17-8-7-9-18(15-17)28(32)33)21(24(30)25(27)31)23(29)20-11-10-19(34-4)14-16(20)3/h7-11,14-15,22,29H,5-6,12-13H2,1-4H3/b23-21+. The van der Waals surface area contributed by atoms with E-state index in [0.717, 1.165) is 13.1 Å². The lowest BCUT2D eigenvalue weighted by Crippen LogP contribution is -3.12. The molecule has 180 valence electrons. The first-order chi connectivity index (χ1) is 16.2. The molecular formula is C25H29N3O6. The average Bonchev–Trinajstić information content (AvgIpc) is 3.09. The molecule has 1 amide bonds. The Morgan fingerprint density at radius 1 is 1.15 bits per heavy atom. The van der Waals surface area contributed by atoms with Gasteiger partial charge in [-0.1, -0.05) is 24.0 Å². The van der Waals surface area contributed by atoms with Gasteiger partial charge in [0.2, 0.25) is 5.78 Å². The number of ketones is 1. The van der Waals surface area contributed by atoms with Crippen LogP contribution in [0.15, 0.2) is 48.0 Å². The maximum absolute atomic E-state index is 13.6. The van der Waals surface area contributed by atoms with Gasteiger partial charge in [0.15, 0.2) is 0 Å². The number of Topliss-reactive ketones (excluding diaryl/α,β-unsaturated/α-hetero) is 1. The van der Waals surface area contributed by atoms with Crippen LogP contribution in [0.2, 0.25) is 0 Å². The topological polar surface area (TPSA) is 117 Å². The van der Waals surface area contributed by atoms with Gasteiger partial charge in [0.1, 0.15) is 5.75 Å². The number of methoxy groups -OCH3 is 1. The summed E-state index contributed by atoms with van der Waals surface area (Å²) in [7, 11) is 1.51. The fourth-order valence-corrected chi connectivity index (χ4v) is 4.30. The van der Waals surface area contributed by atoms with Crippen LogP contribution < -0.4 is 14.7 Å². The second-order valence-electron chi connectivity index (χ2n) is 8.21. The number of carbonyl (C=O) groups is 2. The Balaban J connectivity index is 2.17. The molecule has 2 aromatic carbocycles. The minimum atomic E-state index is -0.996. The fraction of sp³-hybridized carbons (Fsp3) is 0.360. The highest BCUT2D eigenvalue weighted by Gasteiger charge is 2.44. The molecule has 1 unspecified atom stereocenters. The SMILES string of the molecule is CC[NH+](CC)CCN1C(=O)C(=O)/C(=C(/[O-])c2ccc(OC)cc2C)C1c1cccc([N+](=O)[O-])c1. The van der Waals surface area contributed by atoms with Gasteiger partial charge >= 0.3 is 0 Å². The van der Waals surface area contributed by atoms with Crippen LogP contribution in [0.4, 0.5) is 5.69 Å². The van der Waals surface area contributed by atoms with Gasteiger partial charge < -0.3 is 19.6 Å². The zero-order valence-electron chi connectivity index (χ0n) is 19.8. The first kappa shape index (κ1) is 24.9. The number of aryl methyl sites for hydroxylation is 1. The van der Waals surface area contributed by atoms with Crippen LogP contribution in [0.5, 0.6) is 5.75 Å². The molecular weight excluding hydrogens is 438 g/mol. The van der Waals surface area contributed by atoms with Crippen LogP contribution in [0.3, 0.4) is 0 Å². The van der Waals surface area contributed by atoms with E-state index in [1.54, 1.807) is 31.2 Å². The van der Waals surface area contributed by atoms with Gasteiger partial charge in [-0.15, -0.1) is 0 Å². The van der Waals surface area contributed by atoms with Crippen molar-refractivity contribution in [1.82, 2.24) is 4.90 Å². The maximum atomic E-state index is 13.6. The Labute approximate surface area is 198 Å². The fourth-order valence-electron chi connectivity index (χ4n) is 4.30. The summed E-state index contributed by atoms with van der Waals surface area (Å²) < 4.78 is 5.20. The Morgan fingerprint density at radius 2 is 1.85 bits per heavy atom. The lowest BCUT2D eigenvalue weighted by Gasteiger charge is -2.28. The number of nitro benzene ring substituents is 1. The number of nitro groups is 1. The highest BCUT2D eigenvalue weighted by molar-refractivity contribution is 6.46. The second kappa shape index (κ2) is 10.5. The van der Waals surface area contributed by atoms with Gasteiger partial charge in [-0.2, -0.15) is 0 Å². The van der Waals surface area contributed by atoms with E-state index in [9.17, 15) is 24.8 Å². The van der Waals surface area contributed by atoms with Crippen molar-refractivity contribution in [3.05, 3.63) is 74.8 Å². The number of hydrogen-bond donors (Lipinski definition) is 1. The van der Waals surface area contributed by atoms with Crippen molar-refractivity contribution in [1.29, 1.82) is 0 Å². The number of rotatable bonds is 9. The smallest absolute Gasteiger partial charge is 0.295 e. The molecule has 0 saturated carbocycles. The molecule has 0 aromatic heterocycles. The zero-order chi connectivity index (χ0) is 25.0. The number of hydrogen-bond acceptors (Lipinski definition) is 6. The molecule has 1 saturated heterocycles. The number of nitrogens with zero attached hydrogens (tertiary/aromatic N) is 2. The lowest BCUT2D eigenvalue weighted by atomic mass is 9.93. The molecule has 3 rings (SSSR count). The van der Waals surface area contributed by atoms with Crippen molar-refractivity contribution in [2.45, 2.75) is 26.8 Å². The Bertz CT molecular complexity index is 1140. The van der Waals surface area contributed by atoms with E-state index >= 15 is 0 Å². The molecule has 1 fully saturated rings. The molecule has 9 heteroatoms. The van der Waals surface area contributed by atoms with Crippen LogP contribution >= 0.6 is 0 Å². The first-order valence-corrected chi connectivity index (χ1v) is 11.2. The summed E-state index contributed by atoms with van der Waals surface area (Å²) >= 11 is 0. The number of quaternary nitrogens is 1. The second-order valence-corrected chi connectivity index (χ2v) is 8.21. The number of likely N-dealkylation sites (N-methyl/N-ethyl adjacent to an activating group) is 1. The Kier molecular flexibility index (Phi) is 7.68. The normalized spacial score (nSPS) is 17.4. The summed E-state index contributed by atoms with van der Waals surface area (Å²) in [5, 5.41) is 25.0. The quantitative estimate of drug-likeness (QED) is 0.194. The third-order valence-corrected chi connectivity index (χ3v) is 6.31. The van der Waals surface area contributed by atoms with Gasteiger partial charge in [-0.05, 0) is 49.6 Å². The third-order valence-electron chi connectivity index (χ3n) is 6.31. The minimum Gasteiger partial charge on any atom is -0.872 e. The van der Waals surface area contributed by atoms with Crippen LogP contribution in [-0.4, -0.2) is 54.8 Å². The Hall–Kier alpha value is -3.72. The van der Waals surface area contributed by atoms with Crippen molar-refractivity contribution in [2.24, 2.45) is 0 Å². The number of likely N-dealkylation sites (tertiary alicyclic amines) is 1. The summed E-state index contributed by atoms with van der Waals surface area (Å²) in [5.41, 5.74) is 0.876. The van der Waals surface area contributed by atoms with Gasteiger partial charge in [-0.25, -0.2) is 0 Å². The predicted molar refractivity (Wildman–Crippen MR) is 124 cm³/mol. The highest BCUT2D eigenvalue weighted by Crippen LogP contribution is 2.39. The van der Waals surface area contributed by atoms with Gasteiger partial charge in [0.25, 0.3) is 11.6 Å². The average molecular weight is 468 g/mol. The van der Waals surface area contributed by atoms with E-state index < -0.39 is 28.4 Å². The number of ether oxygens (including phenoxy) is 1. The number of nitrogens with one attached hydrogen (secondary N) is 1. The molecule has 1 atom stereocenters. The highest BCUT2D eigenvalue weighted by atomic mass is 16.6. The molecule has 0 radical (unpaired) electrons. The predicted octanol–water partition coefficient (Wildman–Crippen LogP) is 1.06. The van der Waals surface area contributed by atoms with Crippen LogP contribution in [-0.2, 0) is 9.59 Å². The van der Waals surface area contributed by atoms with E-state index in [2.05, 4.69) is 0 Å². The molecule has 34 heavy (non-hydrogen) atoms. The van der Waals surface area contributed by atoms with Crippen LogP contribution in [0.25, 0.3) is 5.76 Å². The molecule has 0 spiro atoms. The molecule has 0 bridgehead atoms. The van der Waals surface area contributed by atoms with E-state index in [1.165, 1.54) is 35.1 Å². The minimum absolute atomic E-state index is 0.175. The first-order valence-electron chi connectivity index (χ1n) is 11.2. The van der Waals surface area contributed by atoms with Crippen LogP contribution in [0, 0.1) is 17.0 Å². The van der Waals surface area contributed by atoms with E-state index in [1.807, 2.05) is 13.8 Å². The van der Waals surface area contributed by atoms with Gasteiger partial charge in [-0.3, -0.25) is 19.7 Å². The van der Waals surface area contributed by atoms with Crippen molar-refractivity contribution in [3.8, 4) is 5.75 Å². The van der Waals surface area contributed by atoms with E-state index in [4.69, 9.17) is 4.74 Å². The van der Waals surface area contributed by atoms with Crippen molar-refractivity contribution in [3.63, 3.8) is 0 Å². The lowest BCUT2D eigenvalue weighted by molar-refractivity contribution is -0.895. The summed E-state index contributed by atoms with van der Waals surface area (Å²) in [5.74, 6) is -1.64. The number of carbonyl (C=O) groups excluding carboxylic acids is 2. The number of amides is 1. The van der Waals surface area contributed by atoms with Crippen LogP contribution in [0.1, 0.15) is 36.6 Å². The Morgan fingerprint density at radius 3 is 2.44 bits per heavy atom.